The predicted molar refractivity (Wildman–Crippen MR) is 88.9 cm³/mol. The number of carbonyl (C=O) groups is 1. The van der Waals surface area contributed by atoms with Crippen LogP contribution in [0.25, 0.3) is 0 Å². The molecule has 0 aliphatic carbocycles. The van der Waals surface area contributed by atoms with Crippen molar-refractivity contribution in [3.63, 3.8) is 0 Å². The fourth-order valence-corrected chi connectivity index (χ4v) is 2.03. The molecule has 0 fully saturated rings. The van der Waals surface area contributed by atoms with Gasteiger partial charge in [-0.15, -0.1) is 0 Å². The Bertz CT molecular complexity index is 612. The fourth-order valence-electron chi connectivity index (χ4n) is 2.03. The maximum absolute atomic E-state index is 12.1. The number of hydrogen-bond donors (Lipinski definition) is 2. The van der Waals surface area contributed by atoms with Gasteiger partial charge in [0.05, 0.1) is 12.3 Å². The number of nitrogens with two attached hydrogens (primary N) is 1. The Kier molecular flexibility index (Phi) is 5.83. The van der Waals surface area contributed by atoms with Crippen LogP contribution in [0.4, 0.5) is 5.69 Å². The smallest absolute Gasteiger partial charge is 0.251 e. The second kappa shape index (κ2) is 8.08. The van der Waals surface area contributed by atoms with Crippen LogP contribution in [0.5, 0.6) is 5.75 Å². The van der Waals surface area contributed by atoms with E-state index in [1.54, 1.807) is 18.2 Å². The predicted octanol–water partition coefficient (Wildman–Crippen LogP) is 3.38. The number of anilines is 1. The molecule has 4 heteroatoms. The number of unbranched alkanes of at least 4 members (excludes halogenated alkanes) is 1. The molecule has 0 spiro atoms. The van der Waals surface area contributed by atoms with Crippen LogP contribution in [0, 0.1) is 0 Å². The number of ether oxygens (including phenoxy) is 1. The van der Waals surface area contributed by atoms with Crippen LogP contribution in [0.15, 0.2) is 48.5 Å². The molecular formula is C18H22N2O2. The summed E-state index contributed by atoms with van der Waals surface area (Å²) in [5.41, 5.74) is 8.03. The Labute approximate surface area is 131 Å². The molecule has 0 bridgehead atoms. The van der Waals surface area contributed by atoms with Crippen LogP contribution < -0.4 is 15.8 Å². The molecule has 0 saturated carbocycles. The molecule has 0 aromatic heterocycles. The molecule has 2 aromatic rings. The van der Waals surface area contributed by atoms with E-state index < -0.39 is 0 Å². The van der Waals surface area contributed by atoms with Gasteiger partial charge in [-0.2, -0.15) is 0 Å². The largest absolute Gasteiger partial charge is 0.491 e. The summed E-state index contributed by atoms with van der Waals surface area (Å²) >= 11 is 0. The summed E-state index contributed by atoms with van der Waals surface area (Å²) in [5.74, 6) is 0.490. The summed E-state index contributed by atoms with van der Waals surface area (Å²) in [6, 6.07) is 14.9. The Morgan fingerprint density at radius 1 is 1.18 bits per heavy atom. The number of carbonyl (C=O) groups excluding carboxylic acids is 1. The van der Waals surface area contributed by atoms with Crippen molar-refractivity contribution >= 4 is 11.6 Å². The summed E-state index contributed by atoms with van der Waals surface area (Å²) in [4.78, 5) is 12.1. The molecule has 0 heterocycles. The van der Waals surface area contributed by atoms with Crippen molar-refractivity contribution in [3.8, 4) is 5.75 Å². The number of amides is 1. The third kappa shape index (κ3) is 4.52. The van der Waals surface area contributed by atoms with E-state index in [0.29, 0.717) is 30.2 Å². The molecular weight excluding hydrogens is 276 g/mol. The summed E-state index contributed by atoms with van der Waals surface area (Å²) < 4.78 is 5.58. The van der Waals surface area contributed by atoms with Gasteiger partial charge < -0.3 is 15.8 Å². The molecule has 2 rings (SSSR count). The molecule has 1 amide bonds. The van der Waals surface area contributed by atoms with Crippen LogP contribution in [-0.2, 0) is 6.54 Å². The minimum atomic E-state index is -0.143. The maximum Gasteiger partial charge on any atom is 0.251 e. The van der Waals surface area contributed by atoms with Gasteiger partial charge in [0, 0.05) is 12.1 Å². The van der Waals surface area contributed by atoms with Crippen molar-refractivity contribution in [1.29, 1.82) is 0 Å². The lowest BCUT2D eigenvalue weighted by Gasteiger charge is -2.10. The minimum Gasteiger partial charge on any atom is -0.491 e. The van der Waals surface area contributed by atoms with Gasteiger partial charge in [0.1, 0.15) is 5.75 Å². The highest BCUT2D eigenvalue weighted by Crippen LogP contribution is 2.22. The van der Waals surface area contributed by atoms with Crippen molar-refractivity contribution < 1.29 is 9.53 Å². The van der Waals surface area contributed by atoms with Gasteiger partial charge in [-0.1, -0.05) is 43.7 Å². The van der Waals surface area contributed by atoms with Gasteiger partial charge in [-0.3, -0.25) is 4.79 Å². The van der Waals surface area contributed by atoms with Crippen molar-refractivity contribution in [2.45, 2.75) is 26.3 Å². The summed E-state index contributed by atoms with van der Waals surface area (Å²) in [7, 11) is 0. The average Bonchev–Trinajstić information content (AvgIpc) is 2.55. The van der Waals surface area contributed by atoms with Crippen molar-refractivity contribution in [2.24, 2.45) is 0 Å². The molecule has 116 valence electrons. The Morgan fingerprint density at radius 3 is 2.64 bits per heavy atom. The number of hydrogen-bond acceptors (Lipinski definition) is 3. The van der Waals surface area contributed by atoms with Gasteiger partial charge in [0.15, 0.2) is 0 Å². The second-order valence-electron chi connectivity index (χ2n) is 5.12. The first-order chi connectivity index (χ1) is 10.7. The lowest BCUT2D eigenvalue weighted by atomic mass is 10.1. The summed E-state index contributed by atoms with van der Waals surface area (Å²) in [5, 5.41) is 2.88. The zero-order chi connectivity index (χ0) is 15.8. The molecule has 22 heavy (non-hydrogen) atoms. The lowest BCUT2D eigenvalue weighted by Crippen LogP contribution is -2.22. The van der Waals surface area contributed by atoms with Crippen LogP contribution in [0.1, 0.15) is 35.7 Å². The fraction of sp³-hybridized carbons (Fsp3) is 0.278. The number of benzene rings is 2. The molecule has 0 aliphatic rings. The van der Waals surface area contributed by atoms with Crippen LogP contribution in [0.2, 0.25) is 0 Å². The van der Waals surface area contributed by atoms with E-state index in [1.165, 1.54) is 0 Å². The maximum atomic E-state index is 12.1. The van der Waals surface area contributed by atoms with Crippen molar-refractivity contribution in [3.05, 3.63) is 59.7 Å². The zero-order valence-corrected chi connectivity index (χ0v) is 12.8. The van der Waals surface area contributed by atoms with Crippen molar-refractivity contribution in [2.75, 3.05) is 12.3 Å². The van der Waals surface area contributed by atoms with E-state index in [2.05, 4.69) is 12.2 Å². The van der Waals surface area contributed by atoms with Crippen LogP contribution in [-0.4, -0.2) is 12.5 Å². The first kappa shape index (κ1) is 15.9. The topological polar surface area (TPSA) is 64.3 Å². The lowest BCUT2D eigenvalue weighted by molar-refractivity contribution is 0.0951. The average molecular weight is 298 g/mol. The Morgan fingerprint density at radius 2 is 1.95 bits per heavy atom. The summed E-state index contributed by atoms with van der Waals surface area (Å²) in [6.45, 7) is 3.24. The van der Waals surface area contributed by atoms with Gasteiger partial charge in [0.2, 0.25) is 0 Å². The van der Waals surface area contributed by atoms with Gasteiger partial charge in [-0.05, 0) is 30.2 Å². The second-order valence-corrected chi connectivity index (χ2v) is 5.12. The molecule has 0 unspecified atom stereocenters. The van der Waals surface area contributed by atoms with E-state index in [-0.39, 0.29) is 5.91 Å². The quantitative estimate of drug-likeness (QED) is 0.608. The van der Waals surface area contributed by atoms with E-state index in [1.807, 2.05) is 30.3 Å². The standard InChI is InChI=1S/C18H22N2O2/c1-2-3-11-22-17-10-9-15(12-16(17)19)18(21)20-13-14-7-5-4-6-8-14/h4-10,12H,2-3,11,13,19H2,1H3,(H,20,21). The SMILES string of the molecule is CCCCOc1ccc(C(=O)NCc2ccccc2)cc1N. The van der Waals surface area contributed by atoms with Gasteiger partial charge in [0.25, 0.3) is 5.91 Å². The highest BCUT2D eigenvalue weighted by molar-refractivity contribution is 5.95. The van der Waals surface area contributed by atoms with Crippen LogP contribution in [0.3, 0.4) is 0 Å². The van der Waals surface area contributed by atoms with E-state index in [4.69, 9.17) is 10.5 Å². The Hall–Kier alpha value is -2.49. The monoisotopic (exact) mass is 298 g/mol. The third-order valence-corrected chi connectivity index (χ3v) is 3.32. The van der Waals surface area contributed by atoms with Gasteiger partial charge in [-0.25, -0.2) is 0 Å². The summed E-state index contributed by atoms with van der Waals surface area (Å²) in [6.07, 6.45) is 2.05. The van der Waals surface area contributed by atoms with E-state index >= 15 is 0 Å². The normalized spacial score (nSPS) is 10.2. The Balaban J connectivity index is 1.94. The molecule has 0 aliphatic heterocycles. The minimum absolute atomic E-state index is 0.143. The highest BCUT2D eigenvalue weighted by Gasteiger charge is 2.08. The van der Waals surface area contributed by atoms with Gasteiger partial charge >= 0.3 is 0 Å². The number of nitrogens with one attached hydrogen (secondary N) is 1. The highest BCUT2D eigenvalue weighted by atomic mass is 16.5. The molecule has 0 saturated heterocycles. The van der Waals surface area contributed by atoms with Crippen molar-refractivity contribution in [1.82, 2.24) is 5.32 Å². The molecule has 4 nitrogen and oxygen atoms in total. The first-order valence-corrected chi connectivity index (χ1v) is 7.55. The third-order valence-electron chi connectivity index (χ3n) is 3.32. The first-order valence-electron chi connectivity index (χ1n) is 7.55. The zero-order valence-electron chi connectivity index (χ0n) is 12.8. The molecule has 0 atom stereocenters. The molecule has 0 radical (unpaired) electrons. The molecule has 3 N–H and O–H groups in total. The number of rotatable bonds is 7. The van der Waals surface area contributed by atoms with E-state index in [0.717, 1.165) is 18.4 Å². The van der Waals surface area contributed by atoms with Crippen LogP contribution >= 0.6 is 0 Å². The number of nitrogen functional groups attached to an aromatic ring is 1. The molecule has 2 aromatic carbocycles. The van der Waals surface area contributed by atoms with E-state index in [9.17, 15) is 4.79 Å².